The van der Waals surface area contributed by atoms with Crippen molar-refractivity contribution in [1.29, 1.82) is 0 Å². The highest BCUT2D eigenvalue weighted by Gasteiger charge is 2.24. The number of ether oxygens (including phenoxy) is 1. The molecule has 0 spiro atoms. The molecule has 2 N–H and O–H groups in total. The van der Waals surface area contributed by atoms with Crippen LogP contribution in [0.5, 0.6) is 0 Å². The number of hydrogen-bond donors (Lipinski definition) is 1. The topological polar surface area (TPSA) is 82.3 Å². The molecule has 0 aliphatic heterocycles. The number of nitrogen functional groups attached to an aromatic ring is 1. The summed E-state index contributed by atoms with van der Waals surface area (Å²) in [5.41, 5.74) is 5.79. The SMILES string of the molecule is COCCC(C)S(=O)(=O)c1ccncc1N. The van der Waals surface area contributed by atoms with E-state index in [0.29, 0.717) is 13.0 Å². The van der Waals surface area contributed by atoms with Crippen molar-refractivity contribution in [2.75, 3.05) is 19.5 Å². The van der Waals surface area contributed by atoms with E-state index in [2.05, 4.69) is 4.98 Å². The van der Waals surface area contributed by atoms with Gasteiger partial charge in [0.25, 0.3) is 0 Å². The van der Waals surface area contributed by atoms with Gasteiger partial charge >= 0.3 is 0 Å². The zero-order chi connectivity index (χ0) is 12.2. The van der Waals surface area contributed by atoms with Crippen LogP contribution in [0.2, 0.25) is 0 Å². The van der Waals surface area contributed by atoms with Crippen LogP contribution in [0.25, 0.3) is 0 Å². The number of nitrogens with zero attached hydrogens (tertiary/aromatic N) is 1. The number of nitrogens with two attached hydrogens (primary N) is 1. The molecule has 90 valence electrons. The van der Waals surface area contributed by atoms with Crippen LogP contribution < -0.4 is 5.73 Å². The normalized spacial score (nSPS) is 13.6. The van der Waals surface area contributed by atoms with E-state index < -0.39 is 15.1 Å². The molecule has 0 aromatic carbocycles. The number of aromatic nitrogens is 1. The molecular formula is C10H16N2O3S. The van der Waals surface area contributed by atoms with Gasteiger partial charge in [-0.2, -0.15) is 0 Å². The Balaban J connectivity index is 2.98. The van der Waals surface area contributed by atoms with Crippen LogP contribution in [0, 0.1) is 0 Å². The minimum atomic E-state index is -3.39. The van der Waals surface area contributed by atoms with Gasteiger partial charge in [-0.1, -0.05) is 0 Å². The number of pyridine rings is 1. The summed E-state index contributed by atoms with van der Waals surface area (Å²) in [5, 5.41) is -0.517. The summed E-state index contributed by atoms with van der Waals surface area (Å²) in [6.45, 7) is 2.06. The summed E-state index contributed by atoms with van der Waals surface area (Å²) in [7, 11) is -1.85. The molecule has 0 aliphatic carbocycles. The first kappa shape index (κ1) is 12.9. The first-order chi connectivity index (χ1) is 7.50. The minimum Gasteiger partial charge on any atom is -0.396 e. The molecule has 0 saturated carbocycles. The van der Waals surface area contributed by atoms with Crippen LogP contribution in [0.15, 0.2) is 23.4 Å². The first-order valence-electron chi connectivity index (χ1n) is 4.92. The minimum absolute atomic E-state index is 0.145. The number of sulfone groups is 1. The number of hydrogen-bond acceptors (Lipinski definition) is 5. The average Bonchev–Trinajstić information content (AvgIpc) is 2.26. The van der Waals surface area contributed by atoms with Gasteiger partial charge in [0, 0.05) is 19.9 Å². The van der Waals surface area contributed by atoms with E-state index in [0.717, 1.165) is 0 Å². The zero-order valence-electron chi connectivity index (χ0n) is 9.38. The van der Waals surface area contributed by atoms with Crippen molar-refractivity contribution in [3.8, 4) is 0 Å². The van der Waals surface area contributed by atoms with E-state index in [1.165, 1.54) is 18.5 Å². The van der Waals surface area contributed by atoms with E-state index in [1.54, 1.807) is 14.0 Å². The molecule has 1 heterocycles. The van der Waals surface area contributed by atoms with E-state index in [-0.39, 0.29) is 10.6 Å². The Morgan fingerprint density at radius 3 is 2.81 bits per heavy atom. The Bertz CT molecular complexity index is 445. The lowest BCUT2D eigenvalue weighted by atomic mass is 10.3. The third-order valence-corrected chi connectivity index (χ3v) is 4.65. The highest BCUT2D eigenvalue weighted by atomic mass is 32.2. The predicted octanol–water partition coefficient (Wildman–Crippen LogP) is 0.862. The van der Waals surface area contributed by atoms with Gasteiger partial charge in [-0.05, 0) is 19.4 Å². The van der Waals surface area contributed by atoms with E-state index in [9.17, 15) is 8.42 Å². The van der Waals surface area contributed by atoms with Crippen LogP contribution in [0.1, 0.15) is 13.3 Å². The van der Waals surface area contributed by atoms with Crippen LogP contribution >= 0.6 is 0 Å². The fourth-order valence-corrected chi connectivity index (χ4v) is 2.78. The quantitative estimate of drug-likeness (QED) is 0.830. The summed E-state index contributed by atoms with van der Waals surface area (Å²) >= 11 is 0. The number of anilines is 1. The van der Waals surface area contributed by atoms with Gasteiger partial charge < -0.3 is 10.5 Å². The van der Waals surface area contributed by atoms with Gasteiger partial charge in [0.1, 0.15) is 0 Å². The van der Waals surface area contributed by atoms with E-state index >= 15 is 0 Å². The molecular weight excluding hydrogens is 228 g/mol. The van der Waals surface area contributed by atoms with Crippen molar-refractivity contribution in [3.63, 3.8) is 0 Å². The molecule has 0 fully saturated rings. The van der Waals surface area contributed by atoms with Crippen LogP contribution in [0.3, 0.4) is 0 Å². The molecule has 0 saturated heterocycles. The van der Waals surface area contributed by atoms with Gasteiger partial charge in [-0.3, -0.25) is 4.98 Å². The second-order valence-electron chi connectivity index (χ2n) is 3.55. The largest absolute Gasteiger partial charge is 0.396 e. The molecule has 1 rings (SSSR count). The highest BCUT2D eigenvalue weighted by molar-refractivity contribution is 7.92. The Morgan fingerprint density at radius 2 is 2.25 bits per heavy atom. The lowest BCUT2D eigenvalue weighted by molar-refractivity contribution is 0.194. The maximum Gasteiger partial charge on any atom is 0.183 e. The second kappa shape index (κ2) is 5.27. The summed E-state index contributed by atoms with van der Waals surface area (Å²) < 4.78 is 29.1. The van der Waals surface area contributed by atoms with E-state index in [1.807, 2.05) is 0 Å². The van der Waals surface area contributed by atoms with Gasteiger partial charge in [-0.15, -0.1) is 0 Å². The number of methoxy groups -OCH3 is 1. The molecule has 0 aliphatic rings. The van der Waals surface area contributed by atoms with Gasteiger partial charge in [-0.25, -0.2) is 8.42 Å². The molecule has 1 atom stereocenters. The molecule has 0 radical (unpaired) electrons. The standard InChI is InChI=1S/C10H16N2O3S/c1-8(4-6-15-2)16(13,14)10-3-5-12-7-9(10)11/h3,5,7-8H,4,6,11H2,1-2H3. The predicted molar refractivity (Wildman–Crippen MR) is 61.8 cm³/mol. The third kappa shape index (κ3) is 2.70. The maximum atomic E-state index is 12.1. The Morgan fingerprint density at radius 1 is 1.56 bits per heavy atom. The molecule has 0 amide bonds. The zero-order valence-corrected chi connectivity index (χ0v) is 10.2. The van der Waals surface area contributed by atoms with Crippen molar-refractivity contribution in [2.24, 2.45) is 0 Å². The fourth-order valence-electron chi connectivity index (χ4n) is 1.31. The molecule has 6 heteroatoms. The fraction of sp³-hybridized carbons (Fsp3) is 0.500. The maximum absolute atomic E-state index is 12.1. The first-order valence-corrected chi connectivity index (χ1v) is 6.47. The second-order valence-corrected chi connectivity index (χ2v) is 5.89. The van der Waals surface area contributed by atoms with Crippen molar-refractivity contribution in [2.45, 2.75) is 23.5 Å². The Kier molecular flexibility index (Phi) is 4.26. The summed E-state index contributed by atoms with van der Waals surface area (Å²) in [4.78, 5) is 3.91. The molecule has 0 bridgehead atoms. The van der Waals surface area contributed by atoms with E-state index in [4.69, 9.17) is 10.5 Å². The van der Waals surface area contributed by atoms with Gasteiger partial charge in [0.05, 0.1) is 22.0 Å². The summed E-state index contributed by atoms with van der Waals surface area (Å²) in [6, 6.07) is 1.42. The monoisotopic (exact) mass is 244 g/mol. The van der Waals surface area contributed by atoms with Crippen molar-refractivity contribution < 1.29 is 13.2 Å². The Hall–Kier alpha value is -1.14. The smallest absolute Gasteiger partial charge is 0.183 e. The molecule has 1 aromatic heterocycles. The summed E-state index contributed by atoms with van der Waals surface area (Å²) in [5.74, 6) is 0. The number of rotatable bonds is 5. The molecule has 1 unspecified atom stereocenters. The average molecular weight is 244 g/mol. The highest BCUT2D eigenvalue weighted by Crippen LogP contribution is 2.22. The Labute approximate surface area is 95.6 Å². The van der Waals surface area contributed by atoms with Gasteiger partial charge in [0.15, 0.2) is 9.84 Å². The van der Waals surface area contributed by atoms with Crippen LogP contribution in [-0.4, -0.2) is 32.4 Å². The lowest BCUT2D eigenvalue weighted by Gasteiger charge is -2.13. The molecule has 1 aromatic rings. The van der Waals surface area contributed by atoms with Crippen LogP contribution in [0.4, 0.5) is 5.69 Å². The third-order valence-electron chi connectivity index (χ3n) is 2.37. The van der Waals surface area contributed by atoms with Crippen molar-refractivity contribution in [1.82, 2.24) is 4.98 Å². The molecule has 16 heavy (non-hydrogen) atoms. The van der Waals surface area contributed by atoms with Gasteiger partial charge in [0.2, 0.25) is 0 Å². The summed E-state index contributed by atoms with van der Waals surface area (Å²) in [6.07, 6.45) is 3.21. The lowest BCUT2D eigenvalue weighted by Crippen LogP contribution is -2.20. The van der Waals surface area contributed by atoms with Crippen LogP contribution in [-0.2, 0) is 14.6 Å². The van der Waals surface area contributed by atoms with Crippen molar-refractivity contribution in [3.05, 3.63) is 18.5 Å². The van der Waals surface area contributed by atoms with Crippen molar-refractivity contribution >= 4 is 15.5 Å². The molecule has 5 nitrogen and oxygen atoms in total.